The quantitative estimate of drug-likeness (QED) is 0.845. The number of hydrogen-bond donors (Lipinski definition) is 2. The summed E-state index contributed by atoms with van der Waals surface area (Å²) in [6.07, 6.45) is 1.66. The van der Waals surface area contributed by atoms with E-state index in [0.717, 1.165) is 6.07 Å². The lowest BCUT2D eigenvalue weighted by Crippen LogP contribution is -2.54. The van der Waals surface area contributed by atoms with Crippen molar-refractivity contribution in [3.8, 4) is 0 Å². The minimum Gasteiger partial charge on any atom is -0.464 e. The molecule has 1 saturated heterocycles. The van der Waals surface area contributed by atoms with Crippen molar-refractivity contribution in [3.05, 3.63) is 35.6 Å². The van der Waals surface area contributed by atoms with Crippen LogP contribution < -0.4 is 5.32 Å². The molecule has 1 unspecified atom stereocenters. The van der Waals surface area contributed by atoms with E-state index in [1.54, 1.807) is 0 Å². The third-order valence-electron chi connectivity index (χ3n) is 4.41. The van der Waals surface area contributed by atoms with Gasteiger partial charge in [-0.2, -0.15) is 0 Å². The molecule has 2 aromatic rings. The number of rotatable bonds is 1. The van der Waals surface area contributed by atoms with Gasteiger partial charge in [-0.3, -0.25) is 0 Å². The number of aliphatic hydroxyl groups is 1. The fourth-order valence-corrected chi connectivity index (χ4v) is 3.06. The molecule has 1 fully saturated rings. The Morgan fingerprint density at radius 3 is 2.75 bits per heavy atom. The molecule has 0 spiro atoms. The first-order valence-electron chi connectivity index (χ1n) is 6.65. The Kier molecular flexibility index (Phi) is 2.88. The van der Waals surface area contributed by atoms with Gasteiger partial charge in [0.15, 0.2) is 0 Å². The topological polar surface area (TPSA) is 45.4 Å². The zero-order valence-corrected chi connectivity index (χ0v) is 11.5. The lowest BCUT2D eigenvalue weighted by Gasteiger charge is -2.47. The lowest BCUT2D eigenvalue weighted by atomic mass is 9.66. The first-order chi connectivity index (χ1) is 9.37. The summed E-state index contributed by atoms with van der Waals surface area (Å²) in [5.41, 5.74) is -1.83. The standard InChI is InChI=1S/C15H17F2NO2/c1-14(2)8-18-5-4-15(14,19)12-11(17)7-10(16)9-3-6-20-13(9)12/h3,6-7,18-19H,4-5,8H2,1-2H3. The third-order valence-corrected chi connectivity index (χ3v) is 4.41. The second-order valence-electron chi connectivity index (χ2n) is 6.05. The molecule has 1 aliphatic heterocycles. The van der Waals surface area contributed by atoms with Crippen LogP contribution in [0.15, 0.2) is 22.8 Å². The van der Waals surface area contributed by atoms with E-state index in [4.69, 9.17) is 4.42 Å². The highest BCUT2D eigenvalue weighted by atomic mass is 19.1. The summed E-state index contributed by atoms with van der Waals surface area (Å²) in [4.78, 5) is 0. The van der Waals surface area contributed by atoms with Crippen molar-refractivity contribution in [1.29, 1.82) is 0 Å². The van der Waals surface area contributed by atoms with E-state index in [-0.39, 0.29) is 16.5 Å². The van der Waals surface area contributed by atoms with Gasteiger partial charge in [0.1, 0.15) is 22.8 Å². The molecule has 1 aromatic heterocycles. The number of benzene rings is 1. The summed E-state index contributed by atoms with van der Waals surface area (Å²) in [5.74, 6) is -1.44. The van der Waals surface area contributed by atoms with Gasteiger partial charge in [0.05, 0.1) is 17.2 Å². The van der Waals surface area contributed by atoms with Crippen LogP contribution in [0, 0.1) is 17.0 Å². The largest absolute Gasteiger partial charge is 0.464 e. The Bertz CT molecular complexity index is 665. The van der Waals surface area contributed by atoms with E-state index in [1.165, 1.54) is 12.3 Å². The normalized spacial score (nSPS) is 26.1. The highest BCUT2D eigenvalue weighted by Crippen LogP contribution is 2.47. The molecule has 5 heteroatoms. The van der Waals surface area contributed by atoms with Crippen LogP contribution in [-0.2, 0) is 5.60 Å². The molecule has 0 amide bonds. The van der Waals surface area contributed by atoms with Gasteiger partial charge >= 0.3 is 0 Å². The van der Waals surface area contributed by atoms with Crippen LogP contribution in [0.1, 0.15) is 25.8 Å². The van der Waals surface area contributed by atoms with Crippen molar-refractivity contribution >= 4 is 11.0 Å². The molecular formula is C15H17F2NO2. The minimum atomic E-state index is -1.40. The Morgan fingerprint density at radius 2 is 2.05 bits per heavy atom. The Morgan fingerprint density at radius 1 is 1.30 bits per heavy atom. The van der Waals surface area contributed by atoms with Gasteiger partial charge in [0.2, 0.25) is 0 Å². The number of fused-ring (bicyclic) bond motifs is 1. The highest BCUT2D eigenvalue weighted by Gasteiger charge is 2.49. The fourth-order valence-electron chi connectivity index (χ4n) is 3.06. The number of hydrogen-bond acceptors (Lipinski definition) is 3. The molecule has 1 aromatic carbocycles. The average Bonchev–Trinajstić information content (AvgIpc) is 2.82. The smallest absolute Gasteiger partial charge is 0.145 e. The SMILES string of the molecule is CC1(C)CNCCC1(O)c1c(F)cc(F)c2ccoc12. The van der Waals surface area contributed by atoms with Gasteiger partial charge in [-0.1, -0.05) is 13.8 Å². The van der Waals surface area contributed by atoms with Crippen LogP contribution in [-0.4, -0.2) is 18.2 Å². The molecule has 0 radical (unpaired) electrons. The van der Waals surface area contributed by atoms with E-state index in [0.29, 0.717) is 19.5 Å². The Hall–Kier alpha value is -1.46. The number of furan rings is 1. The molecular weight excluding hydrogens is 264 g/mol. The zero-order valence-electron chi connectivity index (χ0n) is 11.5. The van der Waals surface area contributed by atoms with E-state index in [1.807, 2.05) is 13.8 Å². The van der Waals surface area contributed by atoms with Gasteiger partial charge in [0, 0.05) is 18.0 Å². The molecule has 3 nitrogen and oxygen atoms in total. The van der Waals surface area contributed by atoms with E-state index in [9.17, 15) is 13.9 Å². The zero-order chi connectivity index (χ0) is 14.5. The minimum absolute atomic E-state index is 0.0606. The van der Waals surface area contributed by atoms with Crippen LogP contribution in [0.25, 0.3) is 11.0 Å². The highest BCUT2D eigenvalue weighted by molar-refractivity contribution is 5.82. The summed E-state index contributed by atoms with van der Waals surface area (Å²) >= 11 is 0. The summed E-state index contributed by atoms with van der Waals surface area (Å²) in [6, 6.07) is 2.27. The maximum atomic E-state index is 14.4. The molecule has 1 atom stereocenters. The Labute approximate surface area is 115 Å². The van der Waals surface area contributed by atoms with Gasteiger partial charge in [-0.05, 0) is 19.0 Å². The van der Waals surface area contributed by atoms with Crippen molar-refractivity contribution in [2.24, 2.45) is 5.41 Å². The summed E-state index contributed by atoms with van der Waals surface area (Å²) in [5, 5.41) is 14.5. The lowest BCUT2D eigenvalue weighted by molar-refractivity contribution is -0.0961. The molecule has 0 aliphatic carbocycles. The van der Waals surface area contributed by atoms with Gasteiger partial charge in [-0.25, -0.2) is 8.78 Å². The number of nitrogens with one attached hydrogen (secondary N) is 1. The molecule has 2 heterocycles. The van der Waals surface area contributed by atoms with E-state index in [2.05, 4.69) is 5.32 Å². The molecule has 0 saturated carbocycles. The monoisotopic (exact) mass is 281 g/mol. The van der Waals surface area contributed by atoms with Crippen molar-refractivity contribution < 1.29 is 18.3 Å². The molecule has 1 aliphatic rings. The molecule has 108 valence electrons. The number of halogens is 2. The molecule has 20 heavy (non-hydrogen) atoms. The molecule has 2 N–H and O–H groups in total. The third kappa shape index (κ3) is 1.70. The fraction of sp³-hybridized carbons (Fsp3) is 0.467. The Balaban J connectivity index is 2.31. The van der Waals surface area contributed by atoms with Gasteiger partial charge < -0.3 is 14.8 Å². The van der Waals surface area contributed by atoms with Crippen LogP contribution in [0.4, 0.5) is 8.78 Å². The first-order valence-corrected chi connectivity index (χ1v) is 6.65. The van der Waals surface area contributed by atoms with Crippen molar-refractivity contribution in [1.82, 2.24) is 5.32 Å². The van der Waals surface area contributed by atoms with Crippen molar-refractivity contribution in [3.63, 3.8) is 0 Å². The summed E-state index contributed by atoms with van der Waals surface area (Å²) in [7, 11) is 0. The summed E-state index contributed by atoms with van der Waals surface area (Å²) < 4.78 is 33.4. The van der Waals surface area contributed by atoms with Crippen molar-refractivity contribution in [2.45, 2.75) is 25.9 Å². The van der Waals surface area contributed by atoms with E-state index < -0.39 is 22.7 Å². The van der Waals surface area contributed by atoms with Crippen LogP contribution in [0.2, 0.25) is 0 Å². The van der Waals surface area contributed by atoms with Gasteiger partial charge in [0.25, 0.3) is 0 Å². The second kappa shape index (κ2) is 4.27. The predicted molar refractivity (Wildman–Crippen MR) is 71.3 cm³/mol. The second-order valence-corrected chi connectivity index (χ2v) is 6.05. The van der Waals surface area contributed by atoms with Crippen LogP contribution in [0.5, 0.6) is 0 Å². The maximum Gasteiger partial charge on any atom is 0.145 e. The van der Waals surface area contributed by atoms with Crippen LogP contribution in [0.3, 0.4) is 0 Å². The van der Waals surface area contributed by atoms with Crippen LogP contribution >= 0.6 is 0 Å². The maximum absolute atomic E-state index is 14.4. The van der Waals surface area contributed by atoms with E-state index >= 15 is 0 Å². The first kappa shape index (κ1) is 13.5. The predicted octanol–water partition coefficient (Wildman–Crippen LogP) is 2.92. The summed E-state index contributed by atoms with van der Waals surface area (Å²) in [6.45, 7) is 4.83. The number of piperidine rings is 1. The molecule has 3 rings (SSSR count). The van der Waals surface area contributed by atoms with Crippen molar-refractivity contribution in [2.75, 3.05) is 13.1 Å². The molecule has 0 bridgehead atoms. The average molecular weight is 281 g/mol. The van der Waals surface area contributed by atoms with Gasteiger partial charge in [-0.15, -0.1) is 0 Å².